The molecule has 5 heteroatoms. The Labute approximate surface area is 582 Å². The summed E-state index contributed by atoms with van der Waals surface area (Å²) in [5.74, 6) is -0.596. The summed E-state index contributed by atoms with van der Waals surface area (Å²) in [5.41, 5.74) is 0. The molecule has 0 saturated carbocycles. The molecule has 0 aromatic heterocycles. The number of ether oxygens (including phenoxy) is 2. The SMILES string of the molecule is CC/C=C\C/C=C\C/C=C\C/C=C\C/C=C\C/C=C\C/C=C\C/C=C\C/C=C\C/C=C\CCCCCCCCCCC(=O)OC(CO)COC(=O)CCCCCCCCCCCCCCCCCCCCCCCCCCC/C=C\C/C=C\C/C=C\C/C=C\C/C=C\CC. The lowest BCUT2D eigenvalue weighted by atomic mass is 10.0. The molecule has 0 aliphatic carbocycles. The smallest absolute Gasteiger partial charge is 0.306 e. The summed E-state index contributed by atoms with van der Waals surface area (Å²) in [4.78, 5) is 24.7. The molecule has 5 nitrogen and oxygen atoms in total. The Balaban J connectivity index is 3.50. The fourth-order valence-corrected chi connectivity index (χ4v) is 10.9. The quantitative estimate of drug-likeness (QED) is 0.0373. The van der Waals surface area contributed by atoms with Crippen LogP contribution in [-0.4, -0.2) is 36.4 Å². The van der Waals surface area contributed by atoms with Crippen LogP contribution in [0.4, 0.5) is 0 Å². The summed E-state index contributed by atoms with van der Waals surface area (Å²) in [6.07, 6.45) is 128. The summed E-state index contributed by atoms with van der Waals surface area (Å²) in [6, 6.07) is 0. The zero-order chi connectivity index (χ0) is 67.5. The fraction of sp³-hybridized carbons (Fsp3) is 0.640. The zero-order valence-electron chi connectivity index (χ0n) is 61.2. The molecule has 0 aliphatic heterocycles. The van der Waals surface area contributed by atoms with Crippen molar-refractivity contribution in [2.45, 2.75) is 354 Å². The van der Waals surface area contributed by atoms with E-state index in [9.17, 15) is 14.7 Å². The molecule has 0 heterocycles. The summed E-state index contributed by atoms with van der Waals surface area (Å²) in [7, 11) is 0. The minimum absolute atomic E-state index is 0.0748. The van der Waals surface area contributed by atoms with Crippen molar-refractivity contribution < 1.29 is 24.2 Å². The minimum atomic E-state index is -0.788. The number of aliphatic hydroxyl groups is 1. The average Bonchev–Trinajstić information content (AvgIpc) is 3.65. The number of aliphatic hydroxyl groups excluding tert-OH is 1. The van der Waals surface area contributed by atoms with Crippen LogP contribution >= 0.6 is 0 Å². The Bertz CT molecular complexity index is 2060. The second-order valence-electron chi connectivity index (χ2n) is 25.7. The van der Waals surface area contributed by atoms with Gasteiger partial charge in [-0.25, -0.2) is 0 Å². The Morgan fingerprint density at radius 3 is 0.638 bits per heavy atom. The predicted molar refractivity (Wildman–Crippen MR) is 416 cm³/mol. The lowest BCUT2D eigenvalue weighted by Crippen LogP contribution is -2.28. The third-order valence-corrected chi connectivity index (χ3v) is 16.7. The molecule has 0 aromatic carbocycles. The van der Waals surface area contributed by atoms with Crippen molar-refractivity contribution >= 4 is 11.9 Å². The van der Waals surface area contributed by atoms with Crippen LogP contribution in [0.1, 0.15) is 348 Å². The molecule has 94 heavy (non-hydrogen) atoms. The monoisotopic (exact) mass is 1300 g/mol. The predicted octanol–water partition coefficient (Wildman–Crippen LogP) is 28.1. The highest BCUT2D eigenvalue weighted by atomic mass is 16.6. The maximum Gasteiger partial charge on any atom is 0.306 e. The number of rotatable bonds is 71. The van der Waals surface area contributed by atoms with E-state index in [-0.39, 0.29) is 25.2 Å². The molecular weight excluding hydrogens is 1150 g/mol. The molecule has 0 aliphatic rings. The summed E-state index contributed by atoms with van der Waals surface area (Å²) in [5, 5.41) is 9.73. The number of hydrogen-bond donors (Lipinski definition) is 1. The van der Waals surface area contributed by atoms with E-state index in [1.54, 1.807) is 0 Å². The van der Waals surface area contributed by atoms with Gasteiger partial charge < -0.3 is 14.6 Å². The molecule has 1 atom stereocenters. The summed E-state index contributed by atoms with van der Waals surface area (Å²) < 4.78 is 10.8. The molecule has 1 unspecified atom stereocenters. The number of hydrogen-bond acceptors (Lipinski definition) is 5. The van der Waals surface area contributed by atoms with Gasteiger partial charge in [0.25, 0.3) is 0 Å². The van der Waals surface area contributed by atoms with Crippen LogP contribution < -0.4 is 0 Å². The van der Waals surface area contributed by atoms with Crippen LogP contribution in [0.25, 0.3) is 0 Å². The van der Waals surface area contributed by atoms with Gasteiger partial charge in [-0.2, -0.15) is 0 Å². The second kappa shape index (κ2) is 82.2. The van der Waals surface area contributed by atoms with Crippen molar-refractivity contribution in [3.8, 4) is 0 Å². The van der Waals surface area contributed by atoms with Crippen LogP contribution in [-0.2, 0) is 19.1 Å². The average molecular weight is 1300 g/mol. The summed E-state index contributed by atoms with van der Waals surface area (Å²) in [6.45, 7) is 3.92. The van der Waals surface area contributed by atoms with E-state index in [0.29, 0.717) is 12.8 Å². The van der Waals surface area contributed by atoms with Crippen molar-refractivity contribution in [2.75, 3.05) is 13.2 Å². The molecule has 0 rings (SSSR count). The highest BCUT2D eigenvalue weighted by Crippen LogP contribution is 2.18. The van der Waals surface area contributed by atoms with Gasteiger partial charge in [-0.3, -0.25) is 9.59 Å². The van der Waals surface area contributed by atoms with Gasteiger partial charge in [0, 0.05) is 12.8 Å². The van der Waals surface area contributed by atoms with Crippen molar-refractivity contribution in [1.29, 1.82) is 0 Å². The fourth-order valence-electron chi connectivity index (χ4n) is 10.9. The third kappa shape index (κ3) is 79.4. The van der Waals surface area contributed by atoms with Crippen LogP contribution in [0.15, 0.2) is 182 Å². The van der Waals surface area contributed by atoms with Gasteiger partial charge in [-0.05, 0) is 135 Å². The van der Waals surface area contributed by atoms with E-state index >= 15 is 0 Å². The molecule has 0 radical (unpaired) electrons. The van der Waals surface area contributed by atoms with Gasteiger partial charge in [-0.15, -0.1) is 0 Å². The van der Waals surface area contributed by atoms with Gasteiger partial charge in [0.15, 0.2) is 6.10 Å². The van der Waals surface area contributed by atoms with Crippen LogP contribution in [0, 0.1) is 0 Å². The number of allylic oxidation sites excluding steroid dienone is 30. The molecule has 0 saturated heterocycles. The molecule has 532 valence electrons. The van der Waals surface area contributed by atoms with Gasteiger partial charge in [0.05, 0.1) is 6.61 Å². The topological polar surface area (TPSA) is 72.8 Å². The van der Waals surface area contributed by atoms with Gasteiger partial charge in [0.2, 0.25) is 0 Å². The Morgan fingerprint density at radius 2 is 0.426 bits per heavy atom. The standard InChI is InChI=1S/C89H146O5/c1-3-5-7-9-11-13-15-17-19-21-23-25-27-29-31-33-35-37-39-41-43-44-46-47-49-51-53-55-57-59-61-63-65-67-69-71-73-75-77-79-81-83-88(91)93-86-87(85-90)94-89(92)84-82-80-78-76-74-72-70-68-66-64-62-60-58-56-54-52-50-48-45-42-40-38-36-34-32-30-28-26-24-22-20-18-16-14-12-10-8-6-4-2/h5-8,11-14,17-20,23-26,29-32,36,38,42,45,50,52,56,58,62,64,87,90H,3-4,9-10,15-16,21-22,27-28,33-35,37,39-41,43-44,46-49,51,53-55,57,59-61,63,65-86H2,1-2H3/b7-5-,8-6-,13-11-,14-12-,19-17-,20-18-,25-23-,26-24-,31-29-,32-30-,38-36-,45-42-,52-50-,58-56-,64-62-. The first kappa shape index (κ1) is 89.0. The first-order valence-corrected chi connectivity index (χ1v) is 39.3. The van der Waals surface area contributed by atoms with E-state index in [0.717, 1.165) is 141 Å². The number of esters is 2. The first-order chi connectivity index (χ1) is 46.6. The van der Waals surface area contributed by atoms with Crippen molar-refractivity contribution in [3.05, 3.63) is 182 Å². The Hall–Kier alpha value is -5.00. The van der Waals surface area contributed by atoms with Crippen molar-refractivity contribution in [1.82, 2.24) is 0 Å². The van der Waals surface area contributed by atoms with Crippen molar-refractivity contribution in [2.24, 2.45) is 0 Å². The van der Waals surface area contributed by atoms with E-state index in [2.05, 4.69) is 196 Å². The Morgan fingerprint density at radius 1 is 0.245 bits per heavy atom. The molecule has 0 fully saturated rings. The van der Waals surface area contributed by atoms with Gasteiger partial charge in [0.1, 0.15) is 6.61 Å². The first-order valence-electron chi connectivity index (χ1n) is 39.3. The molecule has 1 N–H and O–H groups in total. The normalized spacial score (nSPS) is 13.3. The van der Waals surface area contributed by atoms with Gasteiger partial charge >= 0.3 is 11.9 Å². The number of unbranched alkanes of at least 4 members (excludes halogenated alkanes) is 33. The molecule has 0 spiro atoms. The number of carbonyl (C=O) groups is 2. The van der Waals surface area contributed by atoms with E-state index in [4.69, 9.17) is 9.47 Å². The van der Waals surface area contributed by atoms with Crippen LogP contribution in [0.5, 0.6) is 0 Å². The van der Waals surface area contributed by atoms with E-state index in [1.165, 1.54) is 180 Å². The lowest BCUT2D eigenvalue weighted by Gasteiger charge is -2.15. The maximum atomic E-state index is 12.4. The largest absolute Gasteiger partial charge is 0.462 e. The molecule has 0 bridgehead atoms. The molecular formula is C89H146O5. The zero-order valence-corrected chi connectivity index (χ0v) is 61.2. The minimum Gasteiger partial charge on any atom is -0.462 e. The Kier molecular flexibility index (Phi) is 77.9. The maximum absolute atomic E-state index is 12.4. The molecule has 0 aromatic rings. The third-order valence-electron chi connectivity index (χ3n) is 16.7. The lowest BCUT2D eigenvalue weighted by molar-refractivity contribution is -0.161. The van der Waals surface area contributed by atoms with E-state index < -0.39 is 6.10 Å². The van der Waals surface area contributed by atoms with Gasteiger partial charge in [-0.1, -0.05) is 382 Å². The van der Waals surface area contributed by atoms with E-state index in [1.807, 2.05) is 0 Å². The van der Waals surface area contributed by atoms with Crippen LogP contribution in [0.3, 0.4) is 0 Å². The molecule has 0 amide bonds. The highest BCUT2D eigenvalue weighted by molar-refractivity contribution is 5.70. The van der Waals surface area contributed by atoms with Crippen molar-refractivity contribution in [3.63, 3.8) is 0 Å². The number of carbonyl (C=O) groups excluding carboxylic acids is 2. The van der Waals surface area contributed by atoms with Crippen LogP contribution in [0.2, 0.25) is 0 Å². The highest BCUT2D eigenvalue weighted by Gasteiger charge is 2.16. The summed E-state index contributed by atoms with van der Waals surface area (Å²) >= 11 is 0. The second-order valence-corrected chi connectivity index (χ2v) is 25.7.